The minimum Gasteiger partial charge on any atom is -0.352 e. The Balaban J connectivity index is 2.56. The monoisotopic (exact) mass is 331 g/mol. The van der Waals surface area contributed by atoms with Crippen molar-refractivity contribution in [1.29, 1.82) is 0 Å². The van der Waals surface area contributed by atoms with Crippen molar-refractivity contribution < 1.29 is 4.79 Å². The van der Waals surface area contributed by atoms with Gasteiger partial charge in [0, 0.05) is 15.5 Å². The third-order valence-corrected chi connectivity index (χ3v) is 3.51. The third-order valence-electron chi connectivity index (χ3n) is 2.84. The maximum atomic E-state index is 11.8. The van der Waals surface area contributed by atoms with Gasteiger partial charge in [-0.1, -0.05) is 32.9 Å². The molecule has 0 atom stereocenters. The minimum absolute atomic E-state index is 0.119. The van der Waals surface area contributed by atoms with Crippen LogP contribution < -0.4 is 5.32 Å². The van der Waals surface area contributed by atoms with Gasteiger partial charge in [-0.3, -0.25) is 4.79 Å². The molecule has 16 heavy (non-hydrogen) atoms. The van der Waals surface area contributed by atoms with E-state index in [0.29, 0.717) is 6.54 Å². The van der Waals surface area contributed by atoms with Crippen molar-refractivity contribution >= 4 is 28.5 Å². The van der Waals surface area contributed by atoms with E-state index in [1.54, 1.807) is 0 Å². The average molecular weight is 331 g/mol. The standard InChI is InChI=1S/C13H18INO/c1-4-13(2,3)12(16)15-9-10-6-5-7-11(14)8-10/h5-8H,4,9H2,1-3H3,(H,15,16). The summed E-state index contributed by atoms with van der Waals surface area (Å²) in [6.07, 6.45) is 0.852. The lowest BCUT2D eigenvalue weighted by atomic mass is 9.89. The lowest BCUT2D eigenvalue weighted by molar-refractivity contribution is -0.129. The Bertz CT molecular complexity index is 374. The molecular weight excluding hydrogens is 313 g/mol. The van der Waals surface area contributed by atoms with Crippen LogP contribution in [0.15, 0.2) is 24.3 Å². The number of rotatable bonds is 4. The van der Waals surface area contributed by atoms with E-state index in [4.69, 9.17) is 0 Å². The fourth-order valence-electron chi connectivity index (χ4n) is 1.23. The molecule has 1 amide bonds. The van der Waals surface area contributed by atoms with E-state index >= 15 is 0 Å². The van der Waals surface area contributed by atoms with Crippen LogP contribution in [0.3, 0.4) is 0 Å². The van der Waals surface area contributed by atoms with Crippen LogP contribution in [-0.4, -0.2) is 5.91 Å². The first kappa shape index (κ1) is 13.5. The van der Waals surface area contributed by atoms with Gasteiger partial charge < -0.3 is 5.32 Å². The Morgan fingerprint density at radius 2 is 2.12 bits per heavy atom. The normalized spacial score (nSPS) is 11.2. The highest BCUT2D eigenvalue weighted by Crippen LogP contribution is 2.19. The Hall–Kier alpha value is -0.580. The number of carbonyl (C=O) groups is 1. The molecule has 2 nitrogen and oxygen atoms in total. The molecule has 1 aromatic carbocycles. The Morgan fingerprint density at radius 3 is 2.69 bits per heavy atom. The van der Waals surface area contributed by atoms with Crippen LogP contribution in [0.4, 0.5) is 0 Å². The number of amides is 1. The molecule has 0 unspecified atom stereocenters. The van der Waals surface area contributed by atoms with Crippen LogP contribution in [0.1, 0.15) is 32.8 Å². The fourth-order valence-corrected chi connectivity index (χ4v) is 1.84. The van der Waals surface area contributed by atoms with Gasteiger partial charge in [-0.15, -0.1) is 0 Å². The summed E-state index contributed by atoms with van der Waals surface area (Å²) in [5, 5.41) is 2.98. The largest absolute Gasteiger partial charge is 0.352 e. The quantitative estimate of drug-likeness (QED) is 0.843. The first-order chi connectivity index (χ1) is 7.45. The van der Waals surface area contributed by atoms with Gasteiger partial charge in [-0.05, 0) is 46.7 Å². The molecule has 0 saturated carbocycles. The van der Waals surface area contributed by atoms with Gasteiger partial charge in [0.1, 0.15) is 0 Å². The van der Waals surface area contributed by atoms with E-state index in [1.165, 1.54) is 3.57 Å². The van der Waals surface area contributed by atoms with E-state index in [2.05, 4.69) is 34.0 Å². The molecule has 0 aromatic heterocycles. The summed E-state index contributed by atoms with van der Waals surface area (Å²) >= 11 is 2.27. The third kappa shape index (κ3) is 3.77. The van der Waals surface area contributed by atoms with Crippen molar-refractivity contribution in [2.45, 2.75) is 33.7 Å². The van der Waals surface area contributed by atoms with E-state index in [9.17, 15) is 4.79 Å². The smallest absolute Gasteiger partial charge is 0.225 e. The Morgan fingerprint density at radius 1 is 1.44 bits per heavy atom. The first-order valence-corrected chi connectivity index (χ1v) is 6.56. The summed E-state index contributed by atoms with van der Waals surface area (Å²) in [6.45, 7) is 6.58. The van der Waals surface area contributed by atoms with Crippen molar-refractivity contribution in [2.75, 3.05) is 0 Å². The lowest BCUT2D eigenvalue weighted by Crippen LogP contribution is -2.35. The maximum absolute atomic E-state index is 11.8. The van der Waals surface area contributed by atoms with Gasteiger partial charge in [0.05, 0.1) is 0 Å². The average Bonchev–Trinajstić information content (AvgIpc) is 2.26. The zero-order valence-electron chi connectivity index (χ0n) is 10.0. The molecule has 0 saturated heterocycles. The molecule has 1 rings (SSSR count). The summed E-state index contributed by atoms with van der Waals surface area (Å²) in [4.78, 5) is 11.8. The molecular formula is C13H18INO. The predicted octanol–water partition coefficient (Wildman–Crippen LogP) is 3.34. The molecule has 0 heterocycles. The number of carbonyl (C=O) groups excluding carboxylic acids is 1. The summed E-state index contributed by atoms with van der Waals surface area (Å²) in [6, 6.07) is 8.16. The molecule has 3 heteroatoms. The molecule has 0 bridgehead atoms. The minimum atomic E-state index is -0.276. The molecule has 0 aliphatic carbocycles. The molecule has 1 aromatic rings. The highest BCUT2D eigenvalue weighted by atomic mass is 127. The van der Waals surface area contributed by atoms with Crippen molar-refractivity contribution in [3.8, 4) is 0 Å². The van der Waals surface area contributed by atoms with Crippen molar-refractivity contribution in [3.63, 3.8) is 0 Å². The van der Waals surface area contributed by atoms with E-state index in [-0.39, 0.29) is 11.3 Å². The van der Waals surface area contributed by atoms with Gasteiger partial charge in [0.25, 0.3) is 0 Å². The number of nitrogens with one attached hydrogen (secondary N) is 1. The summed E-state index contributed by atoms with van der Waals surface area (Å²) < 4.78 is 1.19. The van der Waals surface area contributed by atoms with E-state index in [0.717, 1.165) is 12.0 Å². The molecule has 0 aliphatic rings. The number of hydrogen-bond acceptors (Lipinski definition) is 1. The molecule has 0 spiro atoms. The predicted molar refractivity (Wildman–Crippen MR) is 75.1 cm³/mol. The zero-order chi connectivity index (χ0) is 12.2. The van der Waals surface area contributed by atoms with Gasteiger partial charge in [0.2, 0.25) is 5.91 Å². The molecule has 88 valence electrons. The number of hydrogen-bond donors (Lipinski definition) is 1. The van der Waals surface area contributed by atoms with Crippen LogP contribution in [0.2, 0.25) is 0 Å². The highest BCUT2D eigenvalue weighted by molar-refractivity contribution is 14.1. The van der Waals surface area contributed by atoms with Crippen LogP contribution in [0.5, 0.6) is 0 Å². The second-order valence-corrected chi connectivity index (χ2v) is 5.80. The van der Waals surface area contributed by atoms with Crippen LogP contribution >= 0.6 is 22.6 Å². The number of benzene rings is 1. The SMILES string of the molecule is CCC(C)(C)C(=O)NCc1cccc(I)c1. The van der Waals surface area contributed by atoms with E-state index < -0.39 is 0 Å². The van der Waals surface area contributed by atoms with E-state index in [1.807, 2.05) is 39.0 Å². The summed E-state index contributed by atoms with van der Waals surface area (Å²) in [5.74, 6) is 0.119. The molecule has 0 aliphatic heterocycles. The summed E-state index contributed by atoms with van der Waals surface area (Å²) in [7, 11) is 0. The zero-order valence-corrected chi connectivity index (χ0v) is 12.2. The van der Waals surface area contributed by atoms with Gasteiger partial charge >= 0.3 is 0 Å². The fraction of sp³-hybridized carbons (Fsp3) is 0.462. The van der Waals surface area contributed by atoms with Gasteiger partial charge in [-0.2, -0.15) is 0 Å². The van der Waals surface area contributed by atoms with Crippen molar-refractivity contribution in [3.05, 3.63) is 33.4 Å². The maximum Gasteiger partial charge on any atom is 0.225 e. The molecule has 0 radical (unpaired) electrons. The van der Waals surface area contributed by atoms with Gasteiger partial charge in [0.15, 0.2) is 0 Å². The highest BCUT2D eigenvalue weighted by Gasteiger charge is 2.24. The van der Waals surface area contributed by atoms with Crippen molar-refractivity contribution in [1.82, 2.24) is 5.32 Å². The van der Waals surface area contributed by atoms with Crippen LogP contribution in [0.25, 0.3) is 0 Å². The topological polar surface area (TPSA) is 29.1 Å². The second kappa shape index (κ2) is 5.66. The molecule has 1 N–H and O–H groups in total. The number of halogens is 1. The Labute approximate surface area is 111 Å². The van der Waals surface area contributed by atoms with Crippen LogP contribution in [-0.2, 0) is 11.3 Å². The van der Waals surface area contributed by atoms with Crippen LogP contribution in [0, 0.1) is 8.99 Å². The summed E-state index contributed by atoms with van der Waals surface area (Å²) in [5.41, 5.74) is 0.870. The molecule has 0 fully saturated rings. The first-order valence-electron chi connectivity index (χ1n) is 5.48. The van der Waals surface area contributed by atoms with Gasteiger partial charge in [-0.25, -0.2) is 0 Å². The second-order valence-electron chi connectivity index (χ2n) is 4.55. The van der Waals surface area contributed by atoms with Crippen molar-refractivity contribution in [2.24, 2.45) is 5.41 Å². The lowest BCUT2D eigenvalue weighted by Gasteiger charge is -2.21. The Kier molecular flexibility index (Phi) is 4.77.